The first kappa shape index (κ1) is 22.3. The van der Waals surface area contributed by atoms with E-state index in [0.29, 0.717) is 13.1 Å². The highest BCUT2D eigenvalue weighted by atomic mass is 16.2. The van der Waals surface area contributed by atoms with Gasteiger partial charge in [-0.05, 0) is 44.3 Å². The molecule has 2 atom stereocenters. The summed E-state index contributed by atoms with van der Waals surface area (Å²) < 4.78 is 0. The zero-order valence-corrected chi connectivity index (χ0v) is 18.8. The van der Waals surface area contributed by atoms with Crippen molar-refractivity contribution < 1.29 is 14.4 Å². The number of hydrogen-bond acceptors (Lipinski definition) is 6. The number of likely N-dealkylation sites (N-methyl/N-ethyl adjacent to an activating group) is 2. The standard InChI is InChI=1S/C23H32N6O3/c1-26-21-19(22(31)27(2)23(26)32)29(12-6-9-16-7-4-3-5-8-16)18(25-21)15-28-13-10-17(11-14-28)20(24)30/h3-5,7-8,17,19,21H,6,9-15H2,1-2H3,(H2,24,30). The lowest BCUT2D eigenvalue weighted by atomic mass is 9.96. The fourth-order valence-electron chi connectivity index (χ4n) is 4.89. The van der Waals surface area contributed by atoms with Crippen molar-refractivity contribution in [2.24, 2.45) is 16.6 Å². The first-order valence-electron chi connectivity index (χ1n) is 11.3. The molecule has 2 fully saturated rings. The van der Waals surface area contributed by atoms with Gasteiger partial charge in [0.15, 0.2) is 12.2 Å². The fraction of sp³-hybridized carbons (Fsp3) is 0.565. The summed E-state index contributed by atoms with van der Waals surface area (Å²) in [6.07, 6.45) is 2.77. The fourth-order valence-corrected chi connectivity index (χ4v) is 4.89. The van der Waals surface area contributed by atoms with E-state index in [1.54, 1.807) is 11.9 Å². The number of piperidine rings is 1. The average molecular weight is 441 g/mol. The molecule has 0 aliphatic carbocycles. The van der Waals surface area contributed by atoms with E-state index in [2.05, 4.69) is 21.9 Å². The molecule has 172 valence electrons. The van der Waals surface area contributed by atoms with E-state index in [4.69, 9.17) is 10.7 Å². The third kappa shape index (κ3) is 4.34. The molecule has 1 aromatic rings. The van der Waals surface area contributed by atoms with Gasteiger partial charge in [-0.15, -0.1) is 0 Å². The molecule has 0 aromatic heterocycles. The summed E-state index contributed by atoms with van der Waals surface area (Å²) in [5, 5.41) is 0. The highest BCUT2D eigenvalue weighted by Gasteiger charge is 2.50. The number of amidine groups is 1. The normalized spacial score (nSPS) is 24.7. The van der Waals surface area contributed by atoms with Crippen molar-refractivity contribution >= 4 is 23.7 Å². The number of aryl methyl sites for hydroxylation is 1. The second kappa shape index (κ2) is 9.28. The van der Waals surface area contributed by atoms with Gasteiger partial charge in [-0.3, -0.25) is 19.4 Å². The van der Waals surface area contributed by atoms with Crippen LogP contribution in [0.15, 0.2) is 35.3 Å². The third-order valence-corrected chi connectivity index (χ3v) is 6.86. The van der Waals surface area contributed by atoms with Crippen LogP contribution in [0, 0.1) is 5.92 Å². The van der Waals surface area contributed by atoms with Gasteiger partial charge in [-0.1, -0.05) is 30.3 Å². The molecule has 0 saturated carbocycles. The lowest BCUT2D eigenvalue weighted by molar-refractivity contribution is -0.136. The number of likely N-dealkylation sites (tertiary alicyclic amines) is 1. The molecule has 2 N–H and O–H groups in total. The van der Waals surface area contributed by atoms with Crippen LogP contribution in [0.3, 0.4) is 0 Å². The zero-order valence-electron chi connectivity index (χ0n) is 18.8. The molecule has 32 heavy (non-hydrogen) atoms. The van der Waals surface area contributed by atoms with Gasteiger partial charge < -0.3 is 15.5 Å². The Kier molecular flexibility index (Phi) is 6.45. The Morgan fingerprint density at radius 2 is 1.81 bits per heavy atom. The number of carbonyl (C=O) groups is 3. The highest BCUT2D eigenvalue weighted by molar-refractivity contribution is 6.04. The van der Waals surface area contributed by atoms with Crippen LogP contribution >= 0.6 is 0 Å². The molecule has 2 unspecified atom stereocenters. The molecule has 3 heterocycles. The lowest BCUT2D eigenvalue weighted by Gasteiger charge is -2.40. The molecule has 3 aliphatic heterocycles. The molecule has 1 aromatic carbocycles. The number of urea groups is 1. The minimum Gasteiger partial charge on any atom is -0.369 e. The number of fused-ring (bicyclic) bond motifs is 1. The van der Waals surface area contributed by atoms with E-state index >= 15 is 0 Å². The molecule has 2 saturated heterocycles. The summed E-state index contributed by atoms with van der Waals surface area (Å²) in [5.41, 5.74) is 6.73. The largest absolute Gasteiger partial charge is 0.369 e. The van der Waals surface area contributed by atoms with Crippen molar-refractivity contribution in [2.45, 2.75) is 37.9 Å². The first-order valence-corrected chi connectivity index (χ1v) is 11.3. The average Bonchev–Trinajstić information content (AvgIpc) is 3.15. The summed E-state index contributed by atoms with van der Waals surface area (Å²) in [6, 6.07) is 9.47. The van der Waals surface area contributed by atoms with Gasteiger partial charge in [0.1, 0.15) is 5.84 Å². The van der Waals surface area contributed by atoms with Crippen LogP contribution in [0.5, 0.6) is 0 Å². The van der Waals surface area contributed by atoms with Crippen LogP contribution in [0.2, 0.25) is 0 Å². The minimum atomic E-state index is -0.499. The van der Waals surface area contributed by atoms with Gasteiger partial charge in [0.25, 0.3) is 5.91 Å². The van der Waals surface area contributed by atoms with Crippen molar-refractivity contribution in [3.05, 3.63) is 35.9 Å². The predicted octanol–water partition coefficient (Wildman–Crippen LogP) is 0.749. The molecule has 4 rings (SSSR count). The van der Waals surface area contributed by atoms with Crippen molar-refractivity contribution in [3.8, 4) is 0 Å². The Hall–Kier alpha value is -2.94. The quantitative estimate of drug-likeness (QED) is 0.674. The summed E-state index contributed by atoms with van der Waals surface area (Å²) in [4.78, 5) is 49.0. The van der Waals surface area contributed by atoms with E-state index in [-0.39, 0.29) is 23.8 Å². The van der Waals surface area contributed by atoms with Crippen LogP contribution in [-0.2, 0) is 16.0 Å². The molecule has 3 aliphatic rings. The maximum Gasteiger partial charge on any atom is 0.328 e. The van der Waals surface area contributed by atoms with E-state index in [0.717, 1.165) is 44.6 Å². The lowest BCUT2D eigenvalue weighted by Crippen LogP contribution is -2.64. The number of rotatable bonds is 7. The first-order chi connectivity index (χ1) is 15.4. The van der Waals surface area contributed by atoms with Gasteiger partial charge >= 0.3 is 6.03 Å². The number of carbonyl (C=O) groups excluding carboxylic acids is 3. The summed E-state index contributed by atoms with van der Waals surface area (Å²) in [5.74, 6) is 0.336. The van der Waals surface area contributed by atoms with Crippen LogP contribution in [0.1, 0.15) is 24.8 Å². The predicted molar refractivity (Wildman–Crippen MR) is 121 cm³/mol. The van der Waals surface area contributed by atoms with Gasteiger partial charge in [-0.2, -0.15) is 0 Å². The topological polar surface area (TPSA) is 103 Å². The summed E-state index contributed by atoms with van der Waals surface area (Å²) >= 11 is 0. The second-order valence-corrected chi connectivity index (χ2v) is 8.93. The molecule has 9 nitrogen and oxygen atoms in total. The minimum absolute atomic E-state index is 0.0692. The maximum absolute atomic E-state index is 13.1. The van der Waals surface area contributed by atoms with Crippen LogP contribution in [0.4, 0.5) is 4.79 Å². The van der Waals surface area contributed by atoms with Crippen molar-refractivity contribution in [1.82, 2.24) is 19.6 Å². The Morgan fingerprint density at radius 1 is 1.12 bits per heavy atom. The van der Waals surface area contributed by atoms with Gasteiger partial charge in [-0.25, -0.2) is 9.79 Å². The van der Waals surface area contributed by atoms with Gasteiger partial charge in [0.05, 0.1) is 6.54 Å². The van der Waals surface area contributed by atoms with Crippen molar-refractivity contribution in [3.63, 3.8) is 0 Å². The number of benzene rings is 1. The molecular weight excluding hydrogens is 408 g/mol. The monoisotopic (exact) mass is 440 g/mol. The molecular formula is C23H32N6O3. The molecule has 4 amide bonds. The number of nitrogens with two attached hydrogens (primary N) is 1. The zero-order chi connectivity index (χ0) is 22.8. The number of hydrogen-bond donors (Lipinski definition) is 1. The smallest absolute Gasteiger partial charge is 0.328 e. The maximum atomic E-state index is 13.1. The molecule has 9 heteroatoms. The number of nitrogens with zero attached hydrogens (tertiary/aromatic N) is 5. The number of imide groups is 1. The molecule has 0 spiro atoms. The van der Waals surface area contributed by atoms with Crippen LogP contribution < -0.4 is 5.73 Å². The summed E-state index contributed by atoms with van der Waals surface area (Å²) in [6.45, 7) is 2.82. The van der Waals surface area contributed by atoms with Gasteiger partial charge in [0.2, 0.25) is 5.91 Å². The highest BCUT2D eigenvalue weighted by Crippen LogP contribution is 2.28. The molecule has 0 bridgehead atoms. The van der Waals surface area contributed by atoms with Crippen molar-refractivity contribution in [1.29, 1.82) is 0 Å². The SMILES string of the molecule is CN1C(=O)C2C(N=C(CN3CCC(C(N)=O)CC3)N2CCCc2ccccc2)N(C)C1=O. The Morgan fingerprint density at radius 3 is 2.47 bits per heavy atom. The van der Waals surface area contributed by atoms with E-state index in [1.165, 1.54) is 17.5 Å². The molecule has 0 radical (unpaired) electrons. The van der Waals surface area contributed by atoms with E-state index < -0.39 is 12.2 Å². The van der Waals surface area contributed by atoms with Crippen LogP contribution in [0.25, 0.3) is 0 Å². The number of primary amides is 1. The summed E-state index contributed by atoms with van der Waals surface area (Å²) in [7, 11) is 3.24. The number of amides is 4. The Balaban J connectivity index is 1.48. The Labute approximate surface area is 188 Å². The van der Waals surface area contributed by atoms with Gasteiger partial charge in [0, 0.05) is 26.6 Å². The third-order valence-electron chi connectivity index (χ3n) is 6.86. The van der Waals surface area contributed by atoms with Crippen LogP contribution in [-0.4, -0.2) is 95.8 Å². The van der Waals surface area contributed by atoms with Crippen molar-refractivity contribution in [2.75, 3.05) is 40.3 Å². The van der Waals surface area contributed by atoms with E-state index in [1.807, 2.05) is 18.2 Å². The number of aliphatic imine (C=N–C) groups is 1. The Bertz CT molecular complexity index is 896. The van der Waals surface area contributed by atoms with E-state index in [9.17, 15) is 14.4 Å². The second-order valence-electron chi connectivity index (χ2n) is 8.93.